The molecule has 2 aromatic rings. The maximum Gasteiger partial charge on any atom is 0.337 e. The van der Waals surface area contributed by atoms with E-state index >= 15 is 0 Å². The molecule has 0 fully saturated rings. The second kappa shape index (κ2) is 4.89. The fourth-order valence-electron chi connectivity index (χ4n) is 1.59. The molecule has 7 heteroatoms. The van der Waals surface area contributed by atoms with Crippen LogP contribution in [0, 0.1) is 6.92 Å². The summed E-state index contributed by atoms with van der Waals surface area (Å²) in [5.41, 5.74) is 0.293. The monoisotopic (exact) mass is 261 g/mol. The Morgan fingerprint density at radius 3 is 2.58 bits per heavy atom. The number of carbonyl (C=O) groups is 2. The summed E-state index contributed by atoms with van der Waals surface area (Å²) < 4.78 is 4.72. The van der Waals surface area contributed by atoms with Gasteiger partial charge in [0.05, 0.1) is 11.3 Å². The van der Waals surface area contributed by atoms with E-state index in [9.17, 15) is 9.59 Å². The molecule has 0 atom stereocenters. The first kappa shape index (κ1) is 12.7. The molecule has 19 heavy (non-hydrogen) atoms. The summed E-state index contributed by atoms with van der Waals surface area (Å²) in [6, 6.07) is 6.19. The molecule has 0 aliphatic rings. The van der Waals surface area contributed by atoms with Gasteiger partial charge in [-0.15, -0.1) is 0 Å². The maximum absolute atomic E-state index is 12.1. The van der Waals surface area contributed by atoms with Gasteiger partial charge in [-0.1, -0.05) is 17.3 Å². The topological polar surface area (TPSA) is 96.5 Å². The van der Waals surface area contributed by atoms with E-state index in [4.69, 9.17) is 9.63 Å². The van der Waals surface area contributed by atoms with Crippen LogP contribution in [-0.2, 0) is 0 Å². The molecule has 1 aromatic heterocycles. The highest BCUT2D eigenvalue weighted by atomic mass is 16.5. The van der Waals surface area contributed by atoms with Crippen molar-refractivity contribution in [1.29, 1.82) is 0 Å². The Balaban J connectivity index is 2.37. The number of hydrogen-bond acceptors (Lipinski definition) is 5. The first-order valence-corrected chi connectivity index (χ1v) is 5.41. The highest BCUT2D eigenvalue weighted by molar-refractivity contribution is 6.07. The molecule has 1 amide bonds. The molecular formula is C12H11N3O4. The van der Waals surface area contributed by atoms with Crippen LogP contribution in [0.15, 0.2) is 28.8 Å². The van der Waals surface area contributed by atoms with E-state index in [1.165, 1.54) is 24.1 Å². The number of anilines is 1. The molecule has 0 spiro atoms. The summed E-state index contributed by atoms with van der Waals surface area (Å²) in [5, 5.41) is 12.6. The Kier molecular flexibility index (Phi) is 3.28. The lowest BCUT2D eigenvalue weighted by molar-refractivity contribution is 0.0697. The molecule has 0 saturated heterocycles. The number of aromatic carboxylic acids is 1. The third-order valence-corrected chi connectivity index (χ3v) is 2.52. The summed E-state index contributed by atoms with van der Waals surface area (Å²) in [7, 11) is 1.45. The maximum atomic E-state index is 12.1. The third-order valence-electron chi connectivity index (χ3n) is 2.52. The van der Waals surface area contributed by atoms with Crippen LogP contribution in [0.25, 0.3) is 0 Å². The molecule has 98 valence electrons. The van der Waals surface area contributed by atoms with Crippen LogP contribution < -0.4 is 4.90 Å². The van der Waals surface area contributed by atoms with Crippen LogP contribution in [0.5, 0.6) is 0 Å². The summed E-state index contributed by atoms with van der Waals surface area (Å²) in [5.74, 6) is -1.49. The summed E-state index contributed by atoms with van der Waals surface area (Å²) in [6.07, 6.45) is 0. The normalized spacial score (nSPS) is 10.2. The number of carboxylic acid groups (broad SMARTS) is 1. The Morgan fingerprint density at radius 2 is 2.00 bits per heavy atom. The average molecular weight is 261 g/mol. The summed E-state index contributed by atoms with van der Waals surface area (Å²) in [6.45, 7) is 1.56. The van der Waals surface area contributed by atoms with E-state index < -0.39 is 11.9 Å². The van der Waals surface area contributed by atoms with Gasteiger partial charge in [0, 0.05) is 14.0 Å². The molecule has 0 radical (unpaired) electrons. The van der Waals surface area contributed by atoms with Gasteiger partial charge >= 0.3 is 5.97 Å². The first-order chi connectivity index (χ1) is 9.00. The Bertz CT molecular complexity index is 635. The van der Waals surface area contributed by atoms with Gasteiger partial charge in [-0.05, 0) is 12.1 Å². The Labute approximate surface area is 108 Å². The predicted octanol–water partition coefficient (Wildman–Crippen LogP) is 1.35. The number of hydrogen-bond donors (Lipinski definition) is 1. The van der Waals surface area contributed by atoms with Crippen LogP contribution in [-0.4, -0.2) is 34.2 Å². The highest BCUT2D eigenvalue weighted by Gasteiger charge is 2.22. The minimum atomic E-state index is -1.11. The average Bonchev–Trinajstić information content (AvgIpc) is 2.83. The summed E-state index contributed by atoms with van der Waals surface area (Å²) >= 11 is 0. The molecule has 7 nitrogen and oxygen atoms in total. The van der Waals surface area contributed by atoms with Crippen molar-refractivity contribution in [3.05, 3.63) is 41.5 Å². The van der Waals surface area contributed by atoms with Gasteiger partial charge in [0.1, 0.15) is 0 Å². The number of amides is 1. The number of rotatable bonds is 3. The van der Waals surface area contributed by atoms with E-state index in [1.807, 2.05) is 0 Å². The molecule has 0 aliphatic carbocycles. The molecule has 0 aliphatic heterocycles. The van der Waals surface area contributed by atoms with Gasteiger partial charge in [0.15, 0.2) is 0 Å². The lowest BCUT2D eigenvalue weighted by Gasteiger charge is -2.17. The second-order valence-electron chi connectivity index (χ2n) is 3.82. The number of nitrogens with zero attached hydrogens (tertiary/aromatic N) is 3. The Hall–Kier alpha value is -2.70. The lowest BCUT2D eigenvalue weighted by atomic mass is 10.1. The second-order valence-corrected chi connectivity index (χ2v) is 3.82. The molecule has 0 unspecified atom stereocenters. The summed E-state index contributed by atoms with van der Waals surface area (Å²) in [4.78, 5) is 28.2. The zero-order valence-corrected chi connectivity index (χ0v) is 10.3. The fraction of sp³-hybridized carbons (Fsp3) is 0.167. The number of carboxylic acids is 1. The highest BCUT2D eigenvalue weighted by Crippen LogP contribution is 2.20. The molecular weight excluding hydrogens is 250 g/mol. The van der Waals surface area contributed by atoms with E-state index in [1.54, 1.807) is 19.1 Å². The molecule has 0 saturated carbocycles. The zero-order chi connectivity index (χ0) is 14.0. The standard InChI is InChI=1S/C12H11N3O4/c1-7-13-10(14-19-7)11(16)15(2)9-6-4-3-5-8(9)12(17)18/h3-6H,1-2H3,(H,17,18). The molecule has 2 rings (SSSR count). The first-order valence-electron chi connectivity index (χ1n) is 5.41. The van der Waals surface area contributed by atoms with Gasteiger partial charge in [0.25, 0.3) is 11.7 Å². The van der Waals surface area contributed by atoms with Crippen LogP contribution in [0.2, 0.25) is 0 Å². The van der Waals surface area contributed by atoms with Crippen molar-refractivity contribution in [2.75, 3.05) is 11.9 Å². The fourth-order valence-corrected chi connectivity index (χ4v) is 1.59. The number of aromatic nitrogens is 2. The van der Waals surface area contributed by atoms with Crippen molar-refractivity contribution < 1.29 is 19.2 Å². The SMILES string of the molecule is Cc1nc(C(=O)N(C)c2ccccc2C(=O)O)no1. The van der Waals surface area contributed by atoms with Crippen molar-refractivity contribution in [1.82, 2.24) is 10.1 Å². The number of carbonyl (C=O) groups excluding carboxylic acids is 1. The van der Waals surface area contributed by atoms with Crippen LogP contribution in [0.1, 0.15) is 26.9 Å². The lowest BCUT2D eigenvalue weighted by Crippen LogP contribution is -2.28. The van der Waals surface area contributed by atoms with Crippen molar-refractivity contribution in [2.24, 2.45) is 0 Å². The minimum Gasteiger partial charge on any atom is -0.478 e. The Morgan fingerprint density at radius 1 is 1.32 bits per heavy atom. The van der Waals surface area contributed by atoms with Crippen LogP contribution in [0.3, 0.4) is 0 Å². The van der Waals surface area contributed by atoms with E-state index in [0.29, 0.717) is 0 Å². The van der Waals surface area contributed by atoms with E-state index in [0.717, 1.165) is 0 Å². The van der Waals surface area contributed by atoms with Gasteiger partial charge in [-0.2, -0.15) is 4.98 Å². The van der Waals surface area contributed by atoms with Gasteiger partial charge in [0.2, 0.25) is 5.89 Å². The molecule has 1 aromatic carbocycles. The van der Waals surface area contributed by atoms with E-state index in [2.05, 4.69) is 10.1 Å². The quantitative estimate of drug-likeness (QED) is 0.895. The van der Waals surface area contributed by atoms with Crippen molar-refractivity contribution in [2.45, 2.75) is 6.92 Å². The van der Waals surface area contributed by atoms with Crippen LogP contribution >= 0.6 is 0 Å². The molecule has 1 heterocycles. The third kappa shape index (κ3) is 2.44. The molecule has 1 N–H and O–H groups in total. The molecule has 0 bridgehead atoms. The predicted molar refractivity (Wildman–Crippen MR) is 65.2 cm³/mol. The largest absolute Gasteiger partial charge is 0.478 e. The number of para-hydroxylation sites is 1. The van der Waals surface area contributed by atoms with Gasteiger partial charge in [-0.3, -0.25) is 4.79 Å². The smallest absolute Gasteiger partial charge is 0.337 e. The van der Waals surface area contributed by atoms with Crippen LogP contribution in [0.4, 0.5) is 5.69 Å². The van der Waals surface area contributed by atoms with Gasteiger partial charge < -0.3 is 14.5 Å². The number of aryl methyl sites for hydroxylation is 1. The van der Waals surface area contributed by atoms with Crippen molar-refractivity contribution in [3.63, 3.8) is 0 Å². The zero-order valence-electron chi connectivity index (χ0n) is 10.3. The van der Waals surface area contributed by atoms with Crippen molar-refractivity contribution in [3.8, 4) is 0 Å². The van der Waals surface area contributed by atoms with Crippen molar-refractivity contribution >= 4 is 17.6 Å². The van der Waals surface area contributed by atoms with E-state index in [-0.39, 0.29) is 23.0 Å². The number of benzene rings is 1. The minimum absolute atomic E-state index is 0.0265. The van der Waals surface area contributed by atoms with Gasteiger partial charge in [-0.25, -0.2) is 4.79 Å².